The van der Waals surface area contributed by atoms with Crippen molar-refractivity contribution in [3.63, 3.8) is 0 Å². The highest BCUT2D eigenvalue weighted by Crippen LogP contribution is 2.25. The van der Waals surface area contributed by atoms with Gasteiger partial charge < -0.3 is 4.74 Å². The third-order valence-electron chi connectivity index (χ3n) is 1.25. The average Bonchev–Trinajstić information content (AvgIpc) is 2.63. The van der Waals surface area contributed by atoms with Crippen molar-refractivity contribution in [1.29, 1.82) is 0 Å². The Morgan fingerprint density at radius 3 is 3.20 bits per heavy atom. The van der Waals surface area contributed by atoms with Crippen LogP contribution in [0.5, 0.6) is 0 Å². The smallest absolute Gasteiger partial charge is 0.252 e. The van der Waals surface area contributed by atoms with E-state index in [0.29, 0.717) is 5.13 Å². The van der Waals surface area contributed by atoms with Gasteiger partial charge in [-0.2, -0.15) is 0 Å². The first-order chi connectivity index (χ1) is 7.26. The van der Waals surface area contributed by atoms with Gasteiger partial charge in [0.05, 0.1) is 0 Å². The average molecular weight is 245 g/mol. The molecule has 1 aromatic rings. The first-order valence-corrected chi connectivity index (χ1v) is 5.92. The molecule has 0 spiro atoms. The largest absolute Gasteiger partial charge is 0.375 e. The zero-order valence-electron chi connectivity index (χ0n) is 8.23. The Hall–Kier alpha value is -0.920. The number of anilines is 1. The van der Waals surface area contributed by atoms with Crippen LogP contribution in [0.4, 0.5) is 5.13 Å². The van der Waals surface area contributed by atoms with Gasteiger partial charge in [0.2, 0.25) is 5.13 Å². The van der Waals surface area contributed by atoms with Gasteiger partial charge in [-0.25, -0.2) is 0 Å². The zero-order chi connectivity index (χ0) is 11.1. The summed E-state index contributed by atoms with van der Waals surface area (Å²) < 4.78 is 5.48. The van der Waals surface area contributed by atoms with Gasteiger partial charge in [0.15, 0.2) is 4.34 Å². The van der Waals surface area contributed by atoms with Crippen LogP contribution in [0.25, 0.3) is 0 Å². The molecule has 0 saturated carbocycles. The Bertz CT molecular complexity index is 340. The number of aromatic nitrogens is 2. The van der Waals surface area contributed by atoms with Crippen LogP contribution in [0.2, 0.25) is 0 Å². The number of thioether (sulfide) groups is 1. The van der Waals surface area contributed by atoms with Gasteiger partial charge in [0.25, 0.3) is 5.91 Å². The van der Waals surface area contributed by atoms with Gasteiger partial charge >= 0.3 is 0 Å². The molecule has 1 rings (SSSR count). The van der Waals surface area contributed by atoms with Crippen LogP contribution in [0.1, 0.15) is 0 Å². The predicted molar refractivity (Wildman–Crippen MR) is 61.3 cm³/mol. The lowest BCUT2D eigenvalue weighted by atomic mass is 10.6. The van der Waals surface area contributed by atoms with Crippen LogP contribution in [0.3, 0.4) is 0 Å². The Morgan fingerprint density at radius 2 is 2.53 bits per heavy atom. The number of nitrogens with zero attached hydrogens (tertiary/aromatic N) is 2. The summed E-state index contributed by atoms with van der Waals surface area (Å²) in [6.45, 7) is 3.63. The predicted octanol–water partition coefficient (Wildman–Crippen LogP) is 1.40. The second kappa shape index (κ2) is 6.54. The summed E-state index contributed by atoms with van der Waals surface area (Å²) in [5, 5.41) is 10.8. The number of nitrogens with one attached hydrogen (secondary N) is 1. The summed E-state index contributed by atoms with van der Waals surface area (Å²) >= 11 is 2.86. The SMILES string of the molecule is C=CCSc1nnc(NC(=O)COC)s1. The van der Waals surface area contributed by atoms with Gasteiger partial charge in [-0.15, -0.1) is 16.8 Å². The van der Waals surface area contributed by atoms with Crippen molar-refractivity contribution in [2.75, 3.05) is 24.8 Å². The maximum absolute atomic E-state index is 11.1. The molecule has 0 atom stereocenters. The monoisotopic (exact) mass is 245 g/mol. The number of hydrogen-bond acceptors (Lipinski definition) is 6. The van der Waals surface area contributed by atoms with E-state index in [2.05, 4.69) is 26.8 Å². The maximum atomic E-state index is 11.1. The number of methoxy groups -OCH3 is 1. The van der Waals surface area contributed by atoms with Crippen LogP contribution >= 0.6 is 23.1 Å². The third kappa shape index (κ3) is 4.41. The Morgan fingerprint density at radius 1 is 1.73 bits per heavy atom. The second-order valence-corrected chi connectivity index (χ2v) is 4.70. The third-order valence-corrected chi connectivity index (χ3v) is 3.22. The Labute approximate surface area is 95.9 Å². The van der Waals surface area contributed by atoms with E-state index in [1.165, 1.54) is 30.2 Å². The van der Waals surface area contributed by atoms with E-state index in [1.54, 1.807) is 6.08 Å². The quantitative estimate of drug-likeness (QED) is 0.466. The van der Waals surface area contributed by atoms with Gasteiger partial charge in [0, 0.05) is 12.9 Å². The minimum Gasteiger partial charge on any atom is -0.375 e. The van der Waals surface area contributed by atoms with Crippen LogP contribution < -0.4 is 5.32 Å². The van der Waals surface area contributed by atoms with Crippen molar-refractivity contribution < 1.29 is 9.53 Å². The number of rotatable bonds is 6. The highest BCUT2D eigenvalue weighted by atomic mass is 32.2. The number of ether oxygens (including phenoxy) is 1. The van der Waals surface area contributed by atoms with E-state index in [4.69, 9.17) is 0 Å². The fraction of sp³-hybridized carbons (Fsp3) is 0.375. The molecule has 0 bridgehead atoms. The van der Waals surface area contributed by atoms with Crippen molar-refractivity contribution in [2.45, 2.75) is 4.34 Å². The Balaban J connectivity index is 2.45. The van der Waals surface area contributed by atoms with Crippen molar-refractivity contribution in [3.8, 4) is 0 Å². The second-order valence-electron chi connectivity index (χ2n) is 2.45. The molecule has 0 saturated heterocycles. The maximum Gasteiger partial charge on any atom is 0.252 e. The molecule has 0 aromatic carbocycles. The van der Waals surface area contributed by atoms with Gasteiger partial charge in [0.1, 0.15) is 6.61 Å². The summed E-state index contributed by atoms with van der Waals surface area (Å²) in [6, 6.07) is 0. The van der Waals surface area contributed by atoms with Crippen molar-refractivity contribution in [3.05, 3.63) is 12.7 Å². The zero-order valence-corrected chi connectivity index (χ0v) is 9.86. The molecule has 0 aliphatic heterocycles. The van der Waals surface area contributed by atoms with E-state index in [-0.39, 0.29) is 12.5 Å². The standard InChI is InChI=1S/C8H11N3O2S2/c1-3-4-14-8-11-10-7(15-8)9-6(12)5-13-2/h3H,1,4-5H2,2H3,(H,9,10,12). The van der Waals surface area contributed by atoms with Crippen LogP contribution in [-0.2, 0) is 9.53 Å². The lowest BCUT2D eigenvalue weighted by Crippen LogP contribution is -2.16. The number of amides is 1. The molecule has 0 aliphatic rings. The summed E-state index contributed by atoms with van der Waals surface area (Å²) in [5.74, 6) is 0.551. The van der Waals surface area contributed by atoms with E-state index >= 15 is 0 Å². The Kier molecular flexibility index (Phi) is 5.30. The fourth-order valence-electron chi connectivity index (χ4n) is 0.735. The molecule has 1 amide bonds. The summed E-state index contributed by atoms with van der Waals surface area (Å²) in [4.78, 5) is 11.1. The molecule has 1 aromatic heterocycles. The highest BCUT2D eigenvalue weighted by Gasteiger charge is 2.07. The van der Waals surface area contributed by atoms with Crippen LogP contribution in [0.15, 0.2) is 17.0 Å². The first kappa shape index (κ1) is 12.2. The first-order valence-electron chi connectivity index (χ1n) is 4.12. The molecule has 82 valence electrons. The van der Waals surface area contributed by atoms with E-state index in [9.17, 15) is 4.79 Å². The van der Waals surface area contributed by atoms with Gasteiger partial charge in [-0.3, -0.25) is 10.1 Å². The number of carbonyl (C=O) groups is 1. The minimum absolute atomic E-state index is 0.0225. The molecule has 5 nitrogen and oxygen atoms in total. The summed E-state index contributed by atoms with van der Waals surface area (Å²) in [5.41, 5.74) is 0. The lowest BCUT2D eigenvalue weighted by Gasteiger charge is -1.97. The van der Waals surface area contributed by atoms with E-state index in [0.717, 1.165) is 10.1 Å². The van der Waals surface area contributed by atoms with Crippen LogP contribution in [-0.4, -0.2) is 35.6 Å². The minimum atomic E-state index is -0.228. The fourth-order valence-corrected chi connectivity index (χ4v) is 2.26. The molecule has 7 heteroatoms. The molecule has 1 heterocycles. The molecular weight excluding hydrogens is 234 g/mol. The number of hydrogen-bond donors (Lipinski definition) is 1. The topological polar surface area (TPSA) is 64.1 Å². The molecule has 0 aliphatic carbocycles. The van der Waals surface area contributed by atoms with Crippen molar-refractivity contribution >= 4 is 34.1 Å². The molecule has 1 N–H and O–H groups in total. The normalized spacial score (nSPS) is 9.93. The van der Waals surface area contributed by atoms with E-state index < -0.39 is 0 Å². The molecule has 0 unspecified atom stereocenters. The summed E-state index contributed by atoms with van der Waals surface area (Å²) in [7, 11) is 1.46. The molecular formula is C8H11N3O2S2. The van der Waals surface area contributed by atoms with Gasteiger partial charge in [-0.05, 0) is 0 Å². The van der Waals surface area contributed by atoms with E-state index in [1.807, 2.05) is 0 Å². The number of carbonyl (C=O) groups excluding carboxylic acids is 1. The lowest BCUT2D eigenvalue weighted by molar-refractivity contribution is -0.119. The van der Waals surface area contributed by atoms with Crippen molar-refractivity contribution in [1.82, 2.24) is 10.2 Å². The molecule has 0 radical (unpaired) electrons. The molecule has 0 fully saturated rings. The van der Waals surface area contributed by atoms with Crippen molar-refractivity contribution in [2.24, 2.45) is 0 Å². The molecule has 15 heavy (non-hydrogen) atoms. The van der Waals surface area contributed by atoms with Crippen LogP contribution in [0, 0.1) is 0 Å². The summed E-state index contributed by atoms with van der Waals surface area (Å²) in [6.07, 6.45) is 1.79. The highest BCUT2D eigenvalue weighted by molar-refractivity contribution is 8.01. The van der Waals surface area contributed by atoms with Gasteiger partial charge in [-0.1, -0.05) is 29.2 Å².